The molecule has 102 valence electrons. The van der Waals surface area contributed by atoms with Crippen LogP contribution in [0.2, 0.25) is 0 Å². The zero-order valence-corrected chi connectivity index (χ0v) is 12.0. The van der Waals surface area contributed by atoms with E-state index in [1.54, 1.807) is 42.5 Å². The van der Waals surface area contributed by atoms with Crippen molar-refractivity contribution in [3.63, 3.8) is 0 Å². The van der Waals surface area contributed by atoms with Crippen molar-refractivity contribution in [2.75, 3.05) is 5.73 Å². The molecule has 0 radical (unpaired) electrons. The molecule has 0 unspecified atom stereocenters. The van der Waals surface area contributed by atoms with Gasteiger partial charge in [0.15, 0.2) is 5.58 Å². The molecule has 0 spiro atoms. The molecule has 6 heteroatoms. The van der Waals surface area contributed by atoms with E-state index in [1.165, 1.54) is 0 Å². The third-order valence-corrected chi connectivity index (χ3v) is 2.60. The lowest BCUT2D eigenvalue weighted by molar-refractivity contribution is 0.0735. The number of esters is 1. The number of carbonyl (C=O) groups is 1. The quantitative estimate of drug-likeness (QED) is 0.575. The average molecular weight is 335 g/mol. The lowest BCUT2D eigenvalue weighted by Crippen LogP contribution is -2.07. The van der Waals surface area contributed by atoms with E-state index in [0.717, 1.165) is 0 Å². The number of carbonyl (C=O) groups excluding carboxylic acids is 1. The standard InChI is InChI=1S/C14H10N2O3.BrH/c15-14-16-11-7-6-10(8-12(11)19-14)18-13(17)9-4-2-1-3-5-9;/h1-8H,(H2,15,16);1H. The van der Waals surface area contributed by atoms with Crippen molar-refractivity contribution < 1.29 is 13.9 Å². The van der Waals surface area contributed by atoms with Gasteiger partial charge in [0.2, 0.25) is 0 Å². The summed E-state index contributed by atoms with van der Waals surface area (Å²) in [4.78, 5) is 15.8. The van der Waals surface area contributed by atoms with E-state index in [2.05, 4.69) is 4.98 Å². The molecule has 0 aliphatic heterocycles. The van der Waals surface area contributed by atoms with E-state index < -0.39 is 5.97 Å². The van der Waals surface area contributed by atoms with Gasteiger partial charge in [-0.05, 0) is 24.3 Å². The van der Waals surface area contributed by atoms with Crippen molar-refractivity contribution in [1.29, 1.82) is 0 Å². The maximum Gasteiger partial charge on any atom is 0.343 e. The number of hydrogen-bond donors (Lipinski definition) is 1. The highest BCUT2D eigenvalue weighted by Crippen LogP contribution is 2.23. The lowest BCUT2D eigenvalue weighted by Gasteiger charge is -2.03. The second-order valence-electron chi connectivity index (χ2n) is 3.94. The lowest BCUT2D eigenvalue weighted by atomic mass is 10.2. The molecule has 0 atom stereocenters. The zero-order chi connectivity index (χ0) is 13.2. The summed E-state index contributed by atoms with van der Waals surface area (Å²) in [7, 11) is 0. The molecule has 0 saturated carbocycles. The van der Waals surface area contributed by atoms with Crippen molar-refractivity contribution in [3.8, 4) is 5.75 Å². The number of anilines is 1. The highest BCUT2D eigenvalue weighted by Gasteiger charge is 2.10. The van der Waals surface area contributed by atoms with Gasteiger partial charge in [-0.15, -0.1) is 17.0 Å². The highest BCUT2D eigenvalue weighted by molar-refractivity contribution is 8.93. The highest BCUT2D eigenvalue weighted by atomic mass is 79.9. The van der Waals surface area contributed by atoms with Crippen molar-refractivity contribution in [2.24, 2.45) is 0 Å². The van der Waals surface area contributed by atoms with Crippen molar-refractivity contribution >= 4 is 40.1 Å². The number of ether oxygens (including phenoxy) is 1. The summed E-state index contributed by atoms with van der Waals surface area (Å²) in [6, 6.07) is 13.8. The number of oxazole rings is 1. The maximum atomic E-state index is 11.9. The number of halogens is 1. The molecular weight excluding hydrogens is 324 g/mol. The Morgan fingerprint density at radius 3 is 2.65 bits per heavy atom. The smallest absolute Gasteiger partial charge is 0.343 e. The number of benzene rings is 2. The molecule has 3 aromatic rings. The molecule has 1 aromatic heterocycles. The predicted molar refractivity (Wildman–Crippen MR) is 80.1 cm³/mol. The van der Waals surface area contributed by atoms with Gasteiger partial charge in [-0.25, -0.2) is 4.79 Å². The molecule has 0 amide bonds. The number of nitrogens with two attached hydrogens (primary N) is 1. The molecule has 0 fully saturated rings. The third kappa shape index (κ3) is 2.80. The van der Waals surface area contributed by atoms with E-state index in [9.17, 15) is 4.79 Å². The van der Waals surface area contributed by atoms with E-state index in [1.807, 2.05) is 6.07 Å². The van der Waals surface area contributed by atoms with Gasteiger partial charge in [-0.2, -0.15) is 4.98 Å². The number of nitrogens with zero attached hydrogens (tertiary/aromatic N) is 1. The van der Waals surface area contributed by atoms with Crippen LogP contribution in [-0.2, 0) is 0 Å². The van der Waals surface area contributed by atoms with Crippen molar-refractivity contribution in [1.82, 2.24) is 4.98 Å². The minimum absolute atomic E-state index is 0. The fourth-order valence-electron chi connectivity index (χ4n) is 1.73. The Morgan fingerprint density at radius 2 is 1.90 bits per heavy atom. The Morgan fingerprint density at radius 1 is 1.15 bits per heavy atom. The van der Waals surface area contributed by atoms with Gasteiger partial charge in [0.25, 0.3) is 6.01 Å². The van der Waals surface area contributed by atoms with Gasteiger partial charge in [0.05, 0.1) is 5.56 Å². The van der Waals surface area contributed by atoms with Crippen LogP contribution >= 0.6 is 17.0 Å². The van der Waals surface area contributed by atoms with E-state index in [-0.39, 0.29) is 23.0 Å². The topological polar surface area (TPSA) is 78.4 Å². The van der Waals surface area contributed by atoms with Gasteiger partial charge >= 0.3 is 5.97 Å². The Balaban J connectivity index is 0.00000147. The monoisotopic (exact) mass is 334 g/mol. The summed E-state index contributed by atoms with van der Waals surface area (Å²) >= 11 is 0. The zero-order valence-electron chi connectivity index (χ0n) is 10.3. The molecule has 3 rings (SSSR count). The molecule has 2 aromatic carbocycles. The average Bonchev–Trinajstić information content (AvgIpc) is 2.79. The van der Waals surface area contributed by atoms with Crippen LogP contribution < -0.4 is 10.5 Å². The van der Waals surface area contributed by atoms with Gasteiger partial charge in [-0.1, -0.05) is 18.2 Å². The molecule has 2 N–H and O–H groups in total. The minimum atomic E-state index is -0.424. The van der Waals surface area contributed by atoms with Crippen molar-refractivity contribution in [2.45, 2.75) is 0 Å². The van der Waals surface area contributed by atoms with Crippen LogP contribution in [0.3, 0.4) is 0 Å². The summed E-state index contributed by atoms with van der Waals surface area (Å²) in [5.74, 6) is -0.0371. The molecule has 0 aliphatic rings. The fraction of sp³-hybridized carbons (Fsp3) is 0. The third-order valence-electron chi connectivity index (χ3n) is 2.60. The Labute approximate surface area is 125 Å². The molecule has 0 bridgehead atoms. The van der Waals surface area contributed by atoms with Crippen LogP contribution in [-0.4, -0.2) is 11.0 Å². The largest absolute Gasteiger partial charge is 0.424 e. The van der Waals surface area contributed by atoms with Crippen molar-refractivity contribution in [3.05, 3.63) is 54.1 Å². The van der Waals surface area contributed by atoms with Crippen LogP contribution in [0.4, 0.5) is 6.01 Å². The van der Waals surface area contributed by atoms with Crippen LogP contribution in [0.15, 0.2) is 52.9 Å². The molecule has 0 aliphatic carbocycles. The van der Waals surface area contributed by atoms with Gasteiger partial charge in [0.1, 0.15) is 11.3 Å². The summed E-state index contributed by atoms with van der Waals surface area (Å²) in [5, 5.41) is 0. The number of rotatable bonds is 2. The summed E-state index contributed by atoms with van der Waals surface area (Å²) in [6.07, 6.45) is 0. The Hall–Kier alpha value is -2.34. The first kappa shape index (κ1) is 14.1. The predicted octanol–water partition coefficient (Wildman–Crippen LogP) is 3.21. The summed E-state index contributed by atoms with van der Waals surface area (Å²) in [6.45, 7) is 0. The van der Waals surface area contributed by atoms with E-state index in [4.69, 9.17) is 14.9 Å². The van der Waals surface area contributed by atoms with Crippen LogP contribution in [0, 0.1) is 0 Å². The summed E-state index contributed by atoms with van der Waals surface area (Å²) < 4.78 is 10.4. The van der Waals surface area contributed by atoms with Gasteiger partial charge in [-0.3, -0.25) is 0 Å². The van der Waals surface area contributed by atoms with Gasteiger partial charge in [0, 0.05) is 6.07 Å². The van der Waals surface area contributed by atoms with Crippen LogP contribution in [0.25, 0.3) is 11.1 Å². The van der Waals surface area contributed by atoms with E-state index in [0.29, 0.717) is 22.4 Å². The SMILES string of the molecule is Br.Nc1nc2ccc(OC(=O)c3ccccc3)cc2o1. The molecule has 0 saturated heterocycles. The normalized spacial score (nSPS) is 10.0. The number of fused-ring (bicyclic) bond motifs is 1. The van der Waals surface area contributed by atoms with Crippen LogP contribution in [0.1, 0.15) is 10.4 Å². The Kier molecular flexibility index (Phi) is 4.05. The molecule has 5 nitrogen and oxygen atoms in total. The molecule has 20 heavy (non-hydrogen) atoms. The fourth-order valence-corrected chi connectivity index (χ4v) is 1.73. The number of aromatic nitrogens is 1. The second kappa shape index (κ2) is 5.75. The van der Waals surface area contributed by atoms with Gasteiger partial charge < -0.3 is 14.9 Å². The first-order valence-electron chi connectivity index (χ1n) is 5.66. The number of hydrogen-bond acceptors (Lipinski definition) is 5. The summed E-state index contributed by atoms with van der Waals surface area (Å²) in [5.41, 5.74) is 7.04. The second-order valence-corrected chi connectivity index (χ2v) is 3.94. The first-order chi connectivity index (χ1) is 9.22. The maximum absolute atomic E-state index is 11.9. The first-order valence-corrected chi connectivity index (χ1v) is 5.66. The number of nitrogen functional groups attached to an aromatic ring is 1. The van der Waals surface area contributed by atoms with Crippen LogP contribution in [0.5, 0.6) is 5.75 Å². The minimum Gasteiger partial charge on any atom is -0.424 e. The van der Waals surface area contributed by atoms with E-state index >= 15 is 0 Å². The molecular formula is C14H11BrN2O3. The molecule has 1 heterocycles. The Bertz CT molecular complexity index is 741.